The molecular weight excluding hydrogens is 546 g/mol. The highest BCUT2D eigenvalue weighted by molar-refractivity contribution is 8.26. The van der Waals surface area contributed by atoms with Crippen molar-refractivity contribution in [3.8, 4) is 11.5 Å². The molecule has 0 atom stereocenters. The van der Waals surface area contributed by atoms with Crippen molar-refractivity contribution in [2.24, 2.45) is 5.92 Å². The molecule has 2 fully saturated rings. The SMILES string of the molecule is Cc1cccn2c(=O)c(/C=C3\SC(=S)N(CC(C)C)C3=O)c(N3CCN(Cc4ccc5c(c4)OCO5)CC3)nc12. The van der Waals surface area contributed by atoms with Gasteiger partial charge in [-0.05, 0) is 48.2 Å². The second-order valence-electron chi connectivity index (χ2n) is 10.7. The molecule has 2 saturated heterocycles. The fourth-order valence-electron chi connectivity index (χ4n) is 5.24. The zero-order chi connectivity index (χ0) is 28.0. The van der Waals surface area contributed by atoms with E-state index in [1.807, 2.05) is 31.2 Å². The molecule has 9 nitrogen and oxygen atoms in total. The van der Waals surface area contributed by atoms with Gasteiger partial charge in [-0.25, -0.2) is 4.98 Å². The van der Waals surface area contributed by atoms with Crippen molar-refractivity contribution >= 4 is 51.7 Å². The van der Waals surface area contributed by atoms with Crippen LogP contribution in [0.25, 0.3) is 11.7 Å². The van der Waals surface area contributed by atoms with Crippen molar-refractivity contribution < 1.29 is 14.3 Å². The summed E-state index contributed by atoms with van der Waals surface area (Å²) in [6.45, 7) is 10.7. The number of rotatable bonds is 6. The first-order valence-corrected chi connectivity index (χ1v) is 14.6. The number of thioether (sulfide) groups is 1. The number of pyridine rings is 1. The predicted molar refractivity (Wildman–Crippen MR) is 161 cm³/mol. The number of aryl methyl sites for hydroxylation is 1. The van der Waals surface area contributed by atoms with Crippen LogP contribution in [0.2, 0.25) is 0 Å². The standard InChI is InChI=1S/C29H31N5O4S2/c1-18(2)15-34-28(36)24(40-29(34)39)14-21-26(30-25-19(3)5-4-8-33(25)27(21)35)32-11-9-31(10-12-32)16-20-6-7-22-23(13-20)38-17-37-22/h4-8,13-14,18H,9-12,15-17H2,1-3H3/b24-14-. The van der Waals surface area contributed by atoms with Gasteiger partial charge < -0.3 is 14.4 Å². The molecule has 1 aromatic carbocycles. The normalized spacial score (nSPS) is 18.6. The van der Waals surface area contributed by atoms with Crippen LogP contribution in [0.5, 0.6) is 11.5 Å². The molecule has 0 radical (unpaired) electrons. The number of benzene rings is 1. The van der Waals surface area contributed by atoms with E-state index in [1.165, 1.54) is 17.3 Å². The van der Waals surface area contributed by atoms with E-state index in [0.29, 0.717) is 45.9 Å². The van der Waals surface area contributed by atoms with Crippen molar-refractivity contribution in [3.05, 3.63) is 68.5 Å². The van der Waals surface area contributed by atoms with E-state index >= 15 is 0 Å². The maximum Gasteiger partial charge on any atom is 0.267 e. The Kier molecular flexibility index (Phi) is 7.28. The van der Waals surface area contributed by atoms with Crippen LogP contribution >= 0.6 is 24.0 Å². The van der Waals surface area contributed by atoms with E-state index < -0.39 is 0 Å². The Morgan fingerprint density at radius 2 is 1.88 bits per heavy atom. The number of fused-ring (bicyclic) bond motifs is 2. The molecule has 6 rings (SSSR count). The zero-order valence-corrected chi connectivity index (χ0v) is 24.4. The number of anilines is 1. The van der Waals surface area contributed by atoms with Gasteiger partial charge in [-0.15, -0.1) is 0 Å². The third kappa shape index (κ3) is 5.09. The van der Waals surface area contributed by atoms with Gasteiger partial charge in [0.2, 0.25) is 6.79 Å². The third-order valence-electron chi connectivity index (χ3n) is 7.28. The van der Waals surface area contributed by atoms with Crippen LogP contribution in [-0.2, 0) is 11.3 Å². The number of hydrogen-bond donors (Lipinski definition) is 0. The predicted octanol–water partition coefficient (Wildman–Crippen LogP) is 3.91. The summed E-state index contributed by atoms with van der Waals surface area (Å²) < 4.78 is 13.1. The lowest BCUT2D eigenvalue weighted by Crippen LogP contribution is -2.47. The molecule has 0 aliphatic carbocycles. The Hall–Kier alpha value is -3.41. The fourth-order valence-corrected chi connectivity index (χ4v) is 6.49. The summed E-state index contributed by atoms with van der Waals surface area (Å²) in [5.74, 6) is 2.30. The Morgan fingerprint density at radius 3 is 2.65 bits per heavy atom. The lowest BCUT2D eigenvalue weighted by molar-refractivity contribution is -0.122. The lowest BCUT2D eigenvalue weighted by Gasteiger charge is -2.36. The number of amides is 1. The number of carbonyl (C=O) groups excluding carboxylic acids is 1. The summed E-state index contributed by atoms with van der Waals surface area (Å²) in [7, 11) is 0. The summed E-state index contributed by atoms with van der Waals surface area (Å²) in [6, 6.07) is 9.86. The van der Waals surface area contributed by atoms with E-state index in [-0.39, 0.29) is 24.2 Å². The van der Waals surface area contributed by atoms with E-state index in [2.05, 4.69) is 29.7 Å². The van der Waals surface area contributed by atoms with Gasteiger partial charge in [0.15, 0.2) is 11.5 Å². The van der Waals surface area contributed by atoms with Gasteiger partial charge in [0.25, 0.3) is 11.5 Å². The second-order valence-corrected chi connectivity index (χ2v) is 12.4. The van der Waals surface area contributed by atoms with Crippen LogP contribution in [0.3, 0.4) is 0 Å². The highest BCUT2D eigenvalue weighted by Gasteiger charge is 2.33. The molecular formula is C29H31N5O4S2. The van der Waals surface area contributed by atoms with Gasteiger partial charge >= 0.3 is 0 Å². The molecule has 3 aliphatic heterocycles. The monoisotopic (exact) mass is 577 g/mol. The van der Waals surface area contributed by atoms with E-state index in [9.17, 15) is 9.59 Å². The molecule has 40 heavy (non-hydrogen) atoms. The first kappa shape index (κ1) is 26.8. The van der Waals surface area contributed by atoms with Crippen LogP contribution in [0, 0.1) is 12.8 Å². The molecule has 3 aliphatic rings. The summed E-state index contributed by atoms with van der Waals surface area (Å²) >= 11 is 6.75. The molecule has 3 aromatic rings. The quantitative estimate of drug-likeness (QED) is 0.320. The average Bonchev–Trinajstić information content (AvgIpc) is 3.50. The highest BCUT2D eigenvalue weighted by Crippen LogP contribution is 2.35. The number of thiocarbonyl (C=S) groups is 1. The van der Waals surface area contributed by atoms with Crippen molar-refractivity contribution in [2.75, 3.05) is 44.4 Å². The summed E-state index contributed by atoms with van der Waals surface area (Å²) in [5, 5.41) is 0. The number of aromatic nitrogens is 2. The molecule has 0 bridgehead atoms. The molecule has 2 aromatic heterocycles. The summed E-state index contributed by atoms with van der Waals surface area (Å²) in [5.41, 5.74) is 2.92. The minimum atomic E-state index is -0.194. The van der Waals surface area contributed by atoms with E-state index in [1.54, 1.807) is 21.6 Å². The average molecular weight is 578 g/mol. The van der Waals surface area contributed by atoms with Gasteiger partial charge in [0.1, 0.15) is 15.8 Å². The molecule has 0 unspecified atom stereocenters. The molecule has 0 spiro atoms. The van der Waals surface area contributed by atoms with Crippen molar-refractivity contribution in [2.45, 2.75) is 27.3 Å². The Morgan fingerprint density at radius 1 is 1.10 bits per heavy atom. The molecule has 0 saturated carbocycles. The van der Waals surface area contributed by atoms with Crippen molar-refractivity contribution in [1.82, 2.24) is 19.2 Å². The van der Waals surface area contributed by atoms with Gasteiger partial charge in [-0.1, -0.05) is 50.0 Å². The van der Waals surface area contributed by atoms with Gasteiger partial charge in [0, 0.05) is 45.5 Å². The van der Waals surface area contributed by atoms with Crippen LogP contribution in [0.1, 0.15) is 30.5 Å². The maximum atomic E-state index is 13.8. The van der Waals surface area contributed by atoms with Gasteiger partial charge in [0.05, 0.1) is 10.5 Å². The van der Waals surface area contributed by atoms with Crippen molar-refractivity contribution in [1.29, 1.82) is 0 Å². The summed E-state index contributed by atoms with van der Waals surface area (Å²) in [6.07, 6.45) is 3.42. The van der Waals surface area contributed by atoms with Crippen LogP contribution in [-0.4, -0.2) is 68.9 Å². The second kappa shape index (κ2) is 10.9. The minimum Gasteiger partial charge on any atom is -0.454 e. The number of nitrogens with zero attached hydrogens (tertiary/aromatic N) is 5. The van der Waals surface area contributed by atoms with Gasteiger partial charge in [-0.3, -0.25) is 23.8 Å². The first-order valence-electron chi connectivity index (χ1n) is 13.4. The Bertz CT molecular complexity index is 1590. The van der Waals surface area contributed by atoms with Crippen molar-refractivity contribution in [3.63, 3.8) is 0 Å². The molecule has 5 heterocycles. The first-order chi connectivity index (χ1) is 19.3. The number of piperazine rings is 1. The van der Waals surface area contributed by atoms with Crippen LogP contribution in [0.15, 0.2) is 46.2 Å². The Balaban J connectivity index is 1.29. The topological polar surface area (TPSA) is 79.6 Å². The van der Waals surface area contributed by atoms with E-state index in [0.717, 1.165) is 36.7 Å². The zero-order valence-electron chi connectivity index (χ0n) is 22.8. The largest absolute Gasteiger partial charge is 0.454 e. The molecule has 1 amide bonds. The number of hydrogen-bond acceptors (Lipinski definition) is 9. The van der Waals surface area contributed by atoms with Crippen LogP contribution < -0.4 is 19.9 Å². The van der Waals surface area contributed by atoms with Gasteiger partial charge in [-0.2, -0.15) is 0 Å². The smallest absolute Gasteiger partial charge is 0.267 e. The molecule has 0 N–H and O–H groups in total. The van der Waals surface area contributed by atoms with E-state index in [4.69, 9.17) is 26.7 Å². The third-order valence-corrected chi connectivity index (χ3v) is 8.65. The number of ether oxygens (including phenoxy) is 2. The lowest BCUT2D eigenvalue weighted by atomic mass is 10.1. The van der Waals surface area contributed by atoms with Crippen LogP contribution in [0.4, 0.5) is 5.82 Å². The molecule has 11 heteroatoms. The Labute approximate surface area is 242 Å². The molecule has 208 valence electrons. The maximum absolute atomic E-state index is 13.8. The summed E-state index contributed by atoms with van der Waals surface area (Å²) in [4.78, 5) is 38.7. The fraction of sp³-hybridized carbons (Fsp3) is 0.379. The minimum absolute atomic E-state index is 0.156. The number of carbonyl (C=O) groups is 1. The highest BCUT2D eigenvalue weighted by atomic mass is 32.2.